The van der Waals surface area contributed by atoms with Gasteiger partial charge in [-0.2, -0.15) is 4.98 Å². The number of rotatable bonds is 8. The summed E-state index contributed by atoms with van der Waals surface area (Å²) in [7, 11) is 3.63. The molecule has 1 saturated heterocycles. The standard InChI is InChI=1S/C27H31N9O2/c1-5-13-35-26(37)22-18-28-27(29-20-9-11-21(12-10-20)34-16-14-33(3)15-17-34)31-25(22)36(35)24-8-6-7-23(30-24)19(2)32-38-4/h5-12,18H,1,13-17H2,2-4H3,(H,28,29,31)/b32-19+. The van der Waals surface area contributed by atoms with Crippen LogP contribution in [-0.2, 0) is 11.4 Å². The van der Waals surface area contributed by atoms with Crippen LogP contribution in [0, 0.1) is 0 Å². The second-order valence-electron chi connectivity index (χ2n) is 9.12. The highest BCUT2D eigenvalue weighted by Gasteiger charge is 2.19. The molecule has 0 bridgehead atoms. The Morgan fingerprint density at radius 3 is 2.61 bits per heavy atom. The van der Waals surface area contributed by atoms with Crippen LogP contribution in [-0.4, -0.2) is 75.3 Å². The van der Waals surface area contributed by atoms with E-state index in [9.17, 15) is 4.79 Å². The summed E-state index contributed by atoms with van der Waals surface area (Å²) in [5, 5.41) is 7.63. The maximum Gasteiger partial charge on any atom is 0.278 e. The van der Waals surface area contributed by atoms with Crippen molar-refractivity contribution in [3.8, 4) is 5.82 Å². The van der Waals surface area contributed by atoms with E-state index < -0.39 is 0 Å². The lowest BCUT2D eigenvalue weighted by molar-refractivity contribution is 0.213. The van der Waals surface area contributed by atoms with Crippen molar-refractivity contribution < 1.29 is 4.84 Å². The molecule has 0 saturated carbocycles. The summed E-state index contributed by atoms with van der Waals surface area (Å²) in [6, 6.07) is 13.7. The van der Waals surface area contributed by atoms with Gasteiger partial charge in [0.05, 0.1) is 12.2 Å². The molecule has 1 aliphatic rings. The van der Waals surface area contributed by atoms with Crippen molar-refractivity contribution in [1.29, 1.82) is 0 Å². The third-order valence-corrected chi connectivity index (χ3v) is 6.52. The number of hydrogen-bond donors (Lipinski definition) is 1. The fourth-order valence-corrected chi connectivity index (χ4v) is 4.48. The molecule has 1 aliphatic heterocycles. The Hall–Kier alpha value is -4.51. The van der Waals surface area contributed by atoms with Crippen LogP contribution in [0.2, 0.25) is 0 Å². The highest BCUT2D eigenvalue weighted by atomic mass is 16.6. The van der Waals surface area contributed by atoms with Crippen molar-refractivity contribution >= 4 is 34.1 Å². The van der Waals surface area contributed by atoms with Gasteiger partial charge in [-0.25, -0.2) is 19.3 Å². The average Bonchev–Trinajstić information content (AvgIpc) is 3.20. The van der Waals surface area contributed by atoms with Gasteiger partial charge in [-0.1, -0.05) is 17.3 Å². The van der Waals surface area contributed by atoms with Crippen LogP contribution >= 0.6 is 0 Å². The smallest absolute Gasteiger partial charge is 0.278 e. The van der Waals surface area contributed by atoms with Crippen LogP contribution in [0.25, 0.3) is 16.9 Å². The number of oxime groups is 1. The second kappa shape index (κ2) is 10.9. The number of hydrogen-bond acceptors (Lipinski definition) is 9. The van der Waals surface area contributed by atoms with E-state index in [0.717, 1.165) is 31.9 Å². The molecule has 5 rings (SSSR count). The van der Waals surface area contributed by atoms with Gasteiger partial charge in [0, 0.05) is 43.8 Å². The molecule has 1 aromatic carbocycles. The molecule has 11 nitrogen and oxygen atoms in total. The maximum absolute atomic E-state index is 13.2. The number of benzene rings is 1. The van der Waals surface area contributed by atoms with Gasteiger partial charge in [0.25, 0.3) is 5.56 Å². The first-order chi connectivity index (χ1) is 18.5. The first-order valence-electron chi connectivity index (χ1n) is 12.4. The number of piperazine rings is 1. The molecule has 196 valence electrons. The average molecular weight is 514 g/mol. The number of pyridine rings is 1. The summed E-state index contributed by atoms with van der Waals surface area (Å²) in [6.07, 6.45) is 3.20. The molecule has 1 fully saturated rings. The molecule has 0 radical (unpaired) electrons. The van der Waals surface area contributed by atoms with Gasteiger partial charge in [0.15, 0.2) is 11.5 Å². The number of nitrogens with one attached hydrogen (secondary N) is 1. The predicted molar refractivity (Wildman–Crippen MR) is 150 cm³/mol. The number of allylic oxidation sites excluding steroid dienone is 1. The van der Waals surface area contributed by atoms with Crippen LogP contribution in [0.5, 0.6) is 0 Å². The van der Waals surface area contributed by atoms with Gasteiger partial charge in [-0.15, -0.1) is 6.58 Å². The lowest BCUT2D eigenvalue weighted by Gasteiger charge is -2.34. The fraction of sp³-hybridized carbons (Fsp3) is 0.296. The van der Waals surface area contributed by atoms with Crippen molar-refractivity contribution in [2.24, 2.45) is 5.16 Å². The van der Waals surface area contributed by atoms with Gasteiger partial charge >= 0.3 is 0 Å². The van der Waals surface area contributed by atoms with Crippen molar-refractivity contribution in [2.45, 2.75) is 13.5 Å². The zero-order valence-electron chi connectivity index (χ0n) is 21.8. The summed E-state index contributed by atoms with van der Waals surface area (Å²) in [6.45, 7) is 10.0. The van der Waals surface area contributed by atoms with Gasteiger partial charge in [0.2, 0.25) is 5.95 Å². The van der Waals surface area contributed by atoms with E-state index in [2.05, 4.69) is 51.0 Å². The van der Waals surface area contributed by atoms with Gasteiger partial charge in [0.1, 0.15) is 18.2 Å². The minimum atomic E-state index is -0.225. The van der Waals surface area contributed by atoms with E-state index in [1.54, 1.807) is 23.9 Å². The van der Waals surface area contributed by atoms with E-state index in [-0.39, 0.29) is 12.1 Å². The Morgan fingerprint density at radius 2 is 1.89 bits per heavy atom. The molecule has 0 atom stereocenters. The van der Waals surface area contributed by atoms with Gasteiger partial charge in [-0.3, -0.25) is 4.79 Å². The zero-order valence-corrected chi connectivity index (χ0v) is 21.8. The fourth-order valence-electron chi connectivity index (χ4n) is 4.48. The maximum atomic E-state index is 13.2. The SMILES string of the molecule is C=CCn1c(=O)c2cnc(Nc3ccc(N4CCN(C)CC4)cc3)nc2n1-c1cccc(/C(C)=N/OC)n1. The Labute approximate surface area is 220 Å². The molecule has 0 unspecified atom stereocenters. The number of aromatic nitrogens is 5. The topological polar surface area (TPSA) is 106 Å². The number of likely N-dealkylation sites (N-methyl/N-ethyl adjacent to an activating group) is 1. The second-order valence-corrected chi connectivity index (χ2v) is 9.12. The van der Waals surface area contributed by atoms with Crippen LogP contribution in [0.1, 0.15) is 12.6 Å². The van der Waals surface area contributed by atoms with E-state index in [0.29, 0.717) is 34.2 Å². The van der Waals surface area contributed by atoms with Gasteiger partial charge < -0.3 is 20.0 Å². The van der Waals surface area contributed by atoms with Crippen LogP contribution in [0.15, 0.2) is 71.3 Å². The van der Waals surface area contributed by atoms with Gasteiger partial charge in [-0.05, 0) is 50.4 Å². The highest BCUT2D eigenvalue weighted by molar-refractivity contribution is 5.96. The molecular formula is C27H31N9O2. The molecule has 11 heteroatoms. The summed E-state index contributed by atoms with van der Waals surface area (Å²) < 4.78 is 3.22. The van der Waals surface area contributed by atoms with E-state index >= 15 is 0 Å². The molecule has 3 aromatic heterocycles. The largest absolute Gasteiger partial charge is 0.399 e. The lowest BCUT2D eigenvalue weighted by atomic mass is 10.2. The summed E-state index contributed by atoms with van der Waals surface area (Å²) in [4.78, 5) is 36.7. The van der Waals surface area contributed by atoms with Crippen molar-refractivity contribution in [1.82, 2.24) is 29.2 Å². The van der Waals surface area contributed by atoms with Crippen LogP contribution in [0.3, 0.4) is 0 Å². The highest BCUT2D eigenvalue weighted by Crippen LogP contribution is 2.22. The normalized spacial score (nSPS) is 14.6. The first-order valence-corrected chi connectivity index (χ1v) is 12.4. The minimum absolute atomic E-state index is 0.225. The molecule has 4 aromatic rings. The molecule has 4 heterocycles. The van der Waals surface area contributed by atoms with E-state index in [1.807, 2.05) is 30.3 Å². The number of anilines is 3. The Kier molecular flexibility index (Phi) is 7.18. The molecule has 0 aliphatic carbocycles. The summed E-state index contributed by atoms with van der Waals surface area (Å²) in [5.41, 5.74) is 3.49. The Bertz CT molecular complexity index is 1530. The molecule has 1 N–H and O–H groups in total. The minimum Gasteiger partial charge on any atom is -0.399 e. The Morgan fingerprint density at radius 1 is 1.13 bits per heavy atom. The molecule has 38 heavy (non-hydrogen) atoms. The van der Waals surface area contributed by atoms with Crippen LogP contribution in [0.4, 0.5) is 17.3 Å². The van der Waals surface area contributed by atoms with E-state index in [4.69, 9.17) is 14.8 Å². The summed E-state index contributed by atoms with van der Waals surface area (Å²) in [5.74, 6) is 0.894. The zero-order chi connectivity index (χ0) is 26.6. The van der Waals surface area contributed by atoms with Crippen LogP contribution < -0.4 is 15.8 Å². The molecule has 0 amide bonds. The third-order valence-electron chi connectivity index (χ3n) is 6.52. The quantitative estimate of drug-likeness (QED) is 0.218. The van der Waals surface area contributed by atoms with Crippen molar-refractivity contribution in [3.63, 3.8) is 0 Å². The van der Waals surface area contributed by atoms with Crippen molar-refractivity contribution in [3.05, 3.63) is 77.4 Å². The first kappa shape index (κ1) is 25.2. The molecular weight excluding hydrogens is 482 g/mol. The number of fused-ring (bicyclic) bond motifs is 1. The third kappa shape index (κ3) is 5.00. The summed E-state index contributed by atoms with van der Waals surface area (Å²) >= 11 is 0. The number of nitrogens with zero attached hydrogens (tertiary/aromatic N) is 8. The van der Waals surface area contributed by atoms with Crippen molar-refractivity contribution in [2.75, 3.05) is 50.6 Å². The molecule has 0 spiro atoms. The van der Waals surface area contributed by atoms with E-state index in [1.165, 1.54) is 17.5 Å². The lowest BCUT2D eigenvalue weighted by Crippen LogP contribution is -2.44. The predicted octanol–water partition coefficient (Wildman–Crippen LogP) is 3.03. The monoisotopic (exact) mass is 513 g/mol. The Balaban J connectivity index is 1.49.